The van der Waals surface area contributed by atoms with Gasteiger partial charge >= 0.3 is 5.97 Å². The molecule has 1 fully saturated rings. The number of esters is 1. The highest BCUT2D eigenvalue weighted by Gasteiger charge is 2.51. The van der Waals surface area contributed by atoms with Crippen molar-refractivity contribution in [2.75, 3.05) is 36.7 Å². The van der Waals surface area contributed by atoms with E-state index in [9.17, 15) is 9.18 Å². The number of benzene rings is 2. The fourth-order valence-corrected chi connectivity index (χ4v) is 5.95. The van der Waals surface area contributed by atoms with Gasteiger partial charge in [-0.3, -0.25) is 4.79 Å². The van der Waals surface area contributed by atoms with E-state index in [-0.39, 0.29) is 35.5 Å². The highest BCUT2D eigenvalue weighted by Crippen LogP contribution is 2.51. The molecule has 4 aromatic rings. The molecule has 1 aliphatic rings. The van der Waals surface area contributed by atoms with Gasteiger partial charge in [-0.2, -0.15) is 4.98 Å². The third-order valence-electron chi connectivity index (χ3n) is 10.5. The van der Waals surface area contributed by atoms with Crippen LogP contribution in [0.15, 0.2) is 60.8 Å². The molecule has 1 aliphatic heterocycles. The fourth-order valence-electron chi connectivity index (χ4n) is 5.95. The Morgan fingerprint density at radius 1 is 0.957 bits per heavy atom. The van der Waals surface area contributed by atoms with Gasteiger partial charge in [0.2, 0.25) is 24.6 Å². The number of carbonyl (C=O) groups is 1. The number of fused-ring (bicyclic) bond motifs is 1. The number of anilines is 2. The smallest absolute Gasteiger partial charge is 0.314 e. The molecule has 5 rings (SSSR count). The summed E-state index contributed by atoms with van der Waals surface area (Å²) in [6, 6.07) is 16.7. The van der Waals surface area contributed by atoms with E-state index < -0.39 is 5.41 Å². The Labute approximate surface area is 271 Å². The number of piperidine rings is 1. The van der Waals surface area contributed by atoms with E-state index in [0.717, 1.165) is 48.5 Å². The van der Waals surface area contributed by atoms with Gasteiger partial charge in [0.15, 0.2) is 0 Å². The van der Waals surface area contributed by atoms with Crippen molar-refractivity contribution in [3.8, 4) is 5.88 Å². The van der Waals surface area contributed by atoms with Crippen LogP contribution in [0.1, 0.15) is 66.9 Å². The molecule has 0 radical (unpaired) electrons. The molecule has 0 amide bonds. The highest BCUT2D eigenvalue weighted by atomic mass is 19.1. The van der Waals surface area contributed by atoms with E-state index in [4.69, 9.17) is 14.5 Å². The molecule has 1 saturated heterocycles. The largest absolute Gasteiger partial charge is 0.440 e. The van der Waals surface area contributed by atoms with Gasteiger partial charge in [-0.1, -0.05) is 58.9 Å². The number of ether oxygens (including phenoxy) is 2. The lowest BCUT2D eigenvalue weighted by Crippen LogP contribution is -2.48. The molecule has 0 aliphatic carbocycles. The van der Waals surface area contributed by atoms with Crippen LogP contribution in [0.2, 0.25) is 0 Å². The molecule has 9 nitrogen and oxygen atoms in total. The zero-order chi connectivity index (χ0) is 33.3. The SMILES string of the molecule is CN(c1nccc(OCOC(=O)C(C)(C)C(C)(C)C(C)(C)C)n1)C1CCN(c2nc3ccccc3n2Cc2ccc(F)cc2)CC1. The first kappa shape index (κ1) is 33.2. The van der Waals surface area contributed by atoms with Crippen molar-refractivity contribution >= 4 is 28.9 Å². The lowest BCUT2D eigenvalue weighted by atomic mass is 9.55. The summed E-state index contributed by atoms with van der Waals surface area (Å²) in [7, 11) is 2.00. The monoisotopic (exact) mass is 630 g/mol. The van der Waals surface area contributed by atoms with Crippen molar-refractivity contribution in [3.63, 3.8) is 0 Å². The van der Waals surface area contributed by atoms with Crippen LogP contribution in [-0.2, 0) is 16.1 Å². The molecule has 0 atom stereocenters. The molecule has 2 aromatic heterocycles. The van der Waals surface area contributed by atoms with Crippen LogP contribution in [0.5, 0.6) is 5.88 Å². The number of halogens is 1. The molecule has 46 heavy (non-hydrogen) atoms. The maximum Gasteiger partial charge on any atom is 0.314 e. The third-order valence-corrected chi connectivity index (χ3v) is 10.5. The number of aromatic nitrogens is 4. The molecule has 0 saturated carbocycles. The van der Waals surface area contributed by atoms with Gasteiger partial charge in [0.05, 0.1) is 23.0 Å². The van der Waals surface area contributed by atoms with E-state index in [1.807, 2.05) is 51.2 Å². The molecule has 0 bridgehead atoms. The normalized spacial score (nSPS) is 14.8. The van der Waals surface area contributed by atoms with Crippen LogP contribution in [0.4, 0.5) is 16.3 Å². The van der Waals surface area contributed by atoms with Crippen LogP contribution in [0.3, 0.4) is 0 Å². The Morgan fingerprint density at radius 3 is 2.30 bits per heavy atom. The van der Waals surface area contributed by atoms with E-state index >= 15 is 0 Å². The quantitative estimate of drug-likeness (QED) is 0.136. The summed E-state index contributed by atoms with van der Waals surface area (Å²) in [5.74, 6) is 1.28. The first-order valence-corrected chi connectivity index (χ1v) is 16.0. The third kappa shape index (κ3) is 6.66. The average Bonchev–Trinajstić information content (AvgIpc) is 3.39. The Balaban J connectivity index is 1.21. The molecule has 0 N–H and O–H groups in total. The van der Waals surface area contributed by atoms with E-state index in [1.165, 1.54) is 12.1 Å². The molecule has 2 aromatic carbocycles. The summed E-state index contributed by atoms with van der Waals surface area (Å²) < 4.78 is 27.1. The van der Waals surface area contributed by atoms with E-state index in [1.54, 1.807) is 12.3 Å². The second-order valence-electron chi connectivity index (χ2n) is 14.3. The highest BCUT2D eigenvalue weighted by molar-refractivity contribution is 5.79. The molecule has 0 unspecified atom stereocenters. The Kier molecular flexibility index (Phi) is 9.29. The number of hydrogen-bond acceptors (Lipinski definition) is 8. The van der Waals surface area contributed by atoms with Crippen LogP contribution in [0, 0.1) is 22.1 Å². The van der Waals surface area contributed by atoms with Gasteiger partial charge in [-0.15, -0.1) is 0 Å². The van der Waals surface area contributed by atoms with Gasteiger partial charge in [0.25, 0.3) is 0 Å². The number of para-hydroxylation sites is 2. The molecular weight excluding hydrogens is 583 g/mol. The summed E-state index contributed by atoms with van der Waals surface area (Å²) in [5, 5.41) is 0. The maximum atomic E-state index is 13.6. The van der Waals surface area contributed by atoms with Gasteiger partial charge in [0, 0.05) is 38.4 Å². The molecular formula is C36H47FN6O3. The van der Waals surface area contributed by atoms with Crippen LogP contribution in [0.25, 0.3) is 11.0 Å². The maximum absolute atomic E-state index is 13.6. The minimum atomic E-state index is -0.717. The number of carbonyl (C=O) groups excluding carboxylic acids is 1. The fraction of sp³-hybridized carbons (Fsp3) is 0.500. The minimum absolute atomic E-state index is 0.0996. The summed E-state index contributed by atoms with van der Waals surface area (Å²) in [5.41, 5.74) is 1.89. The van der Waals surface area contributed by atoms with Crippen LogP contribution in [-0.4, -0.2) is 58.5 Å². The van der Waals surface area contributed by atoms with Gasteiger partial charge < -0.3 is 23.8 Å². The van der Waals surface area contributed by atoms with Crippen LogP contribution < -0.4 is 14.5 Å². The van der Waals surface area contributed by atoms with Crippen molar-refractivity contribution in [3.05, 3.63) is 72.2 Å². The summed E-state index contributed by atoms with van der Waals surface area (Å²) >= 11 is 0. The summed E-state index contributed by atoms with van der Waals surface area (Å²) in [6.45, 7) is 16.4. The first-order chi connectivity index (χ1) is 21.7. The van der Waals surface area contributed by atoms with Crippen LogP contribution >= 0.6 is 0 Å². The van der Waals surface area contributed by atoms with Crippen molar-refractivity contribution < 1.29 is 18.7 Å². The lowest BCUT2D eigenvalue weighted by Gasteiger charge is -2.48. The number of rotatable bonds is 10. The predicted molar refractivity (Wildman–Crippen MR) is 180 cm³/mol. The summed E-state index contributed by atoms with van der Waals surface area (Å²) in [4.78, 5) is 31.6. The number of imidazole rings is 1. The summed E-state index contributed by atoms with van der Waals surface area (Å²) in [6.07, 6.45) is 3.44. The topological polar surface area (TPSA) is 85.6 Å². The predicted octanol–water partition coefficient (Wildman–Crippen LogP) is 7.10. The second-order valence-corrected chi connectivity index (χ2v) is 14.3. The minimum Gasteiger partial charge on any atom is -0.440 e. The van der Waals surface area contributed by atoms with Crippen molar-refractivity contribution in [1.29, 1.82) is 0 Å². The van der Waals surface area contributed by atoms with Gasteiger partial charge in [-0.05, 0) is 67.3 Å². The standard InChI is InChI=1S/C36H47FN6O3/c1-34(2,3)36(6,7)35(4,5)31(44)46-24-45-30-17-20-38-32(40-30)41(8)27-18-21-42(22-19-27)33-39-28-11-9-10-12-29(28)43(33)23-25-13-15-26(37)16-14-25/h9-17,20,27H,18-19,21-24H2,1-8H3. The van der Waals surface area contributed by atoms with E-state index in [2.05, 4.69) is 65.0 Å². The average molecular weight is 631 g/mol. The first-order valence-electron chi connectivity index (χ1n) is 16.0. The Morgan fingerprint density at radius 2 is 1.63 bits per heavy atom. The number of nitrogens with zero attached hydrogens (tertiary/aromatic N) is 6. The Bertz CT molecular complexity index is 1650. The zero-order valence-corrected chi connectivity index (χ0v) is 28.4. The zero-order valence-electron chi connectivity index (χ0n) is 28.4. The molecule has 10 heteroatoms. The second kappa shape index (κ2) is 12.9. The van der Waals surface area contributed by atoms with Crippen molar-refractivity contribution in [1.82, 2.24) is 19.5 Å². The molecule has 0 spiro atoms. The van der Waals surface area contributed by atoms with Gasteiger partial charge in [0.1, 0.15) is 5.82 Å². The molecule has 246 valence electrons. The van der Waals surface area contributed by atoms with Crippen molar-refractivity contribution in [2.45, 2.75) is 73.9 Å². The molecule has 3 heterocycles. The lowest BCUT2D eigenvalue weighted by molar-refractivity contribution is -0.173. The Hall–Kier alpha value is -4.21. The van der Waals surface area contributed by atoms with Crippen molar-refractivity contribution in [2.24, 2.45) is 16.2 Å². The van der Waals surface area contributed by atoms with Gasteiger partial charge in [-0.25, -0.2) is 14.4 Å². The van der Waals surface area contributed by atoms with E-state index in [0.29, 0.717) is 18.4 Å². The number of hydrogen-bond donors (Lipinski definition) is 0.